The molecule has 0 spiro atoms. The fraction of sp³-hybridized carbons (Fsp3) is 0.562. The largest absolute Gasteiger partial charge is 0.398 e. The summed E-state index contributed by atoms with van der Waals surface area (Å²) in [5.41, 5.74) is 7.00. The maximum atomic E-state index is 12.2. The molecule has 2 aliphatic rings. The van der Waals surface area contributed by atoms with E-state index >= 15 is 0 Å². The molecule has 0 unspecified atom stereocenters. The van der Waals surface area contributed by atoms with Crippen LogP contribution in [0.1, 0.15) is 43.0 Å². The minimum absolute atomic E-state index is 0.0339. The summed E-state index contributed by atoms with van der Waals surface area (Å²) in [6.07, 6.45) is 5.41. The van der Waals surface area contributed by atoms with Crippen LogP contribution < -0.4 is 11.1 Å². The van der Waals surface area contributed by atoms with Crippen molar-refractivity contribution in [2.45, 2.75) is 38.6 Å². The van der Waals surface area contributed by atoms with Crippen LogP contribution in [0, 0.1) is 17.8 Å². The Hall–Kier alpha value is -1.51. The highest BCUT2D eigenvalue weighted by Gasteiger charge is 2.42. The molecule has 1 amide bonds. The molecular weight excluding hydrogens is 236 g/mol. The SMILES string of the molecule is C[C@@H](NC(=O)c1ccccc1N)[C@@H]1C[C@H]2CC[C@H]1C2. The minimum Gasteiger partial charge on any atom is -0.398 e. The fourth-order valence-corrected chi connectivity index (χ4v) is 4.00. The van der Waals surface area contributed by atoms with Crippen molar-refractivity contribution in [1.29, 1.82) is 0 Å². The van der Waals surface area contributed by atoms with Gasteiger partial charge in [-0.15, -0.1) is 0 Å². The van der Waals surface area contributed by atoms with Gasteiger partial charge in [-0.1, -0.05) is 18.6 Å². The van der Waals surface area contributed by atoms with Crippen LogP contribution in [0.25, 0.3) is 0 Å². The average molecular weight is 258 g/mol. The van der Waals surface area contributed by atoms with E-state index in [1.165, 1.54) is 25.7 Å². The van der Waals surface area contributed by atoms with Crippen molar-refractivity contribution in [3.05, 3.63) is 29.8 Å². The molecule has 0 saturated heterocycles. The van der Waals surface area contributed by atoms with Crippen LogP contribution in [0.15, 0.2) is 24.3 Å². The van der Waals surface area contributed by atoms with Gasteiger partial charge >= 0.3 is 0 Å². The summed E-state index contributed by atoms with van der Waals surface area (Å²) in [7, 11) is 0. The van der Waals surface area contributed by atoms with E-state index in [1.54, 1.807) is 12.1 Å². The second kappa shape index (κ2) is 4.87. The molecule has 0 aromatic heterocycles. The number of rotatable bonds is 3. The topological polar surface area (TPSA) is 55.1 Å². The number of benzene rings is 1. The fourth-order valence-electron chi connectivity index (χ4n) is 4.00. The van der Waals surface area contributed by atoms with Crippen LogP contribution in [0.3, 0.4) is 0 Å². The number of carbonyl (C=O) groups excluding carboxylic acids is 1. The van der Waals surface area contributed by atoms with Gasteiger partial charge < -0.3 is 11.1 Å². The Bertz CT molecular complexity index is 485. The molecule has 2 bridgehead atoms. The van der Waals surface area contributed by atoms with Crippen LogP contribution >= 0.6 is 0 Å². The number of para-hydroxylation sites is 1. The first-order chi connectivity index (χ1) is 9.15. The second-order valence-corrected chi connectivity index (χ2v) is 6.19. The number of nitrogens with one attached hydrogen (secondary N) is 1. The first kappa shape index (κ1) is 12.5. The third-order valence-corrected chi connectivity index (χ3v) is 5.00. The van der Waals surface area contributed by atoms with E-state index in [9.17, 15) is 4.79 Å². The first-order valence-electron chi connectivity index (χ1n) is 7.30. The molecule has 2 saturated carbocycles. The summed E-state index contributed by atoms with van der Waals surface area (Å²) in [6.45, 7) is 2.14. The van der Waals surface area contributed by atoms with Gasteiger partial charge in [0.2, 0.25) is 0 Å². The van der Waals surface area contributed by atoms with Crippen molar-refractivity contribution in [2.75, 3.05) is 5.73 Å². The molecule has 2 aliphatic carbocycles. The maximum Gasteiger partial charge on any atom is 0.253 e. The van der Waals surface area contributed by atoms with E-state index in [4.69, 9.17) is 5.73 Å². The highest BCUT2D eigenvalue weighted by Crippen LogP contribution is 2.49. The minimum atomic E-state index is -0.0339. The van der Waals surface area contributed by atoms with Crippen molar-refractivity contribution >= 4 is 11.6 Å². The molecule has 0 heterocycles. The zero-order valence-electron chi connectivity index (χ0n) is 11.4. The molecule has 3 heteroatoms. The van der Waals surface area contributed by atoms with Crippen molar-refractivity contribution in [1.82, 2.24) is 5.32 Å². The van der Waals surface area contributed by atoms with E-state index in [1.807, 2.05) is 12.1 Å². The first-order valence-corrected chi connectivity index (χ1v) is 7.30. The van der Waals surface area contributed by atoms with Crippen molar-refractivity contribution in [3.63, 3.8) is 0 Å². The summed E-state index contributed by atoms with van der Waals surface area (Å²) >= 11 is 0. The standard InChI is InChI=1S/C16H22N2O/c1-10(14-9-11-6-7-12(14)8-11)18-16(19)13-4-2-3-5-15(13)17/h2-5,10-12,14H,6-9,17H2,1H3,(H,18,19)/t10-,11+,12+,14+/m1/s1. The van der Waals surface area contributed by atoms with Gasteiger partial charge in [-0.25, -0.2) is 0 Å². The Balaban J connectivity index is 1.65. The van der Waals surface area contributed by atoms with Crippen LogP contribution in [0.2, 0.25) is 0 Å². The molecule has 19 heavy (non-hydrogen) atoms. The Kier molecular flexibility index (Phi) is 3.21. The number of amides is 1. The van der Waals surface area contributed by atoms with E-state index in [2.05, 4.69) is 12.2 Å². The van der Waals surface area contributed by atoms with Gasteiger partial charge in [-0.2, -0.15) is 0 Å². The monoisotopic (exact) mass is 258 g/mol. The summed E-state index contributed by atoms with van der Waals surface area (Å²) in [4.78, 5) is 12.2. The lowest BCUT2D eigenvalue weighted by molar-refractivity contribution is 0.0916. The van der Waals surface area contributed by atoms with Crippen molar-refractivity contribution in [3.8, 4) is 0 Å². The number of hydrogen-bond donors (Lipinski definition) is 2. The molecule has 3 nitrogen and oxygen atoms in total. The Morgan fingerprint density at radius 3 is 2.74 bits per heavy atom. The highest BCUT2D eigenvalue weighted by molar-refractivity contribution is 5.99. The molecule has 3 rings (SSSR count). The number of nitrogen functional groups attached to an aromatic ring is 1. The molecule has 2 fully saturated rings. The van der Waals surface area contributed by atoms with E-state index in [0.717, 1.165) is 11.8 Å². The third-order valence-electron chi connectivity index (χ3n) is 5.00. The van der Waals surface area contributed by atoms with Crippen LogP contribution in [-0.2, 0) is 0 Å². The van der Waals surface area contributed by atoms with E-state index in [-0.39, 0.29) is 11.9 Å². The summed E-state index contributed by atoms with van der Waals surface area (Å²) in [6, 6.07) is 7.52. The lowest BCUT2D eigenvalue weighted by Gasteiger charge is -2.28. The molecule has 4 atom stereocenters. The summed E-state index contributed by atoms with van der Waals surface area (Å²) in [5, 5.41) is 3.14. The lowest BCUT2D eigenvalue weighted by Crippen LogP contribution is -2.40. The summed E-state index contributed by atoms with van der Waals surface area (Å²) < 4.78 is 0. The Morgan fingerprint density at radius 1 is 1.32 bits per heavy atom. The van der Waals surface area contributed by atoms with Crippen molar-refractivity contribution in [2.24, 2.45) is 17.8 Å². The van der Waals surface area contributed by atoms with Gasteiger partial charge in [0.15, 0.2) is 0 Å². The predicted octanol–water partition coefficient (Wildman–Crippen LogP) is 2.82. The van der Waals surface area contributed by atoms with E-state index < -0.39 is 0 Å². The predicted molar refractivity (Wildman–Crippen MR) is 76.7 cm³/mol. The normalized spacial score (nSPS) is 30.3. The lowest BCUT2D eigenvalue weighted by atomic mass is 9.84. The van der Waals surface area contributed by atoms with Crippen molar-refractivity contribution < 1.29 is 4.79 Å². The molecule has 1 aromatic rings. The molecule has 0 radical (unpaired) electrons. The van der Waals surface area contributed by atoms with Gasteiger partial charge in [-0.05, 0) is 56.1 Å². The number of anilines is 1. The molecular formula is C16H22N2O. The molecule has 1 aromatic carbocycles. The highest BCUT2D eigenvalue weighted by atomic mass is 16.1. The number of carbonyl (C=O) groups is 1. The zero-order chi connectivity index (χ0) is 13.4. The second-order valence-electron chi connectivity index (χ2n) is 6.19. The van der Waals surface area contributed by atoms with Gasteiger partial charge in [0.25, 0.3) is 5.91 Å². The zero-order valence-corrected chi connectivity index (χ0v) is 11.4. The maximum absolute atomic E-state index is 12.2. The Morgan fingerprint density at radius 2 is 2.11 bits per heavy atom. The molecule has 102 valence electrons. The number of hydrogen-bond acceptors (Lipinski definition) is 2. The van der Waals surface area contributed by atoms with E-state index in [0.29, 0.717) is 17.2 Å². The molecule has 3 N–H and O–H groups in total. The molecule has 0 aliphatic heterocycles. The van der Waals surface area contributed by atoms with Crippen LogP contribution in [0.5, 0.6) is 0 Å². The number of nitrogens with two attached hydrogens (primary N) is 1. The summed E-state index contributed by atoms with van der Waals surface area (Å²) in [5.74, 6) is 2.37. The number of fused-ring (bicyclic) bond motifs is 2. The Labute approximate surface area is 114 Å². The third kappa shape index (κ3) is 2.34. The van der Waals surface area contributed by atoms with Gasteiger partial charge in [0, 0.05) is 11.7 Å². The van der Waals surface area contributed by atoms with Crippen LogP contribution in [-0.4, -0.2) is 11.9 Å². The van der Waals surface area contributed by atoms with Crippen LogP contribution in [0.4, 0.5) is 5.69 Å². The van der Waals surface area contributed by atoms with Gasteiger partial charge in [-0.3, -0.25) is 4.79 Å². The quantitative estimate of drug-likeness (QED) is 0.819. The van der Waals surface area contributed by atoms with Gasteiger partial charge in [0.05, 0.1) is 5.56 Å². The van der Waals surface area contributed by atoms with Gasteiger partial charge in [0.1, 0.15) is 0 Å². The average Bonchev–Trinajstić information content (AvgIpc) is 3.01. The smallest absolute Gasteiger partial charge is 0.253 e.